The molecule has 0 atom stereocenters. The molecule has 12 nitrogen and oxygen atoms in total. The fourth-order valence-electron chi connectivity index (χ4n) is 5.85. The van der Waals surface area contributed by atoms with Crippen molar-refractivity contribution >= 4 is 5.97 Å². The first-order chi connectivity index (χ1) is 23.9. The van der Waals surface area contributed by atoms with Crippen molar-refractivity contribution in [3.8, 4) is 22.5 Å². The minimum atomic E-state index is -1.43. The third-order valence-corrected chi connectivity index (χ3v) is 8.63. The maximum atomic E-state index is 13.6. The van der Waals surface area contributed by atoms with Crippen LogP contribution < -0.4 is 5.82 Å². The second kappa shape index (κ2) is 13.7. The van der Waals surface area contributed by atoms with Crippen molar-refractivity contribution in [3.63, 3.8) is 0 Å². The van der Waals surface area contributed by atoms with Crippen LogP contribution in [0.2, 0.25) is 0 Å². The van der Waals surface area contributed by atoms with E-state index in [0.717, 1.165) is 34.2 Å². The highest BCUT2D eigenvalue weighted by Crippen LogP contribution is 2.32. The minimum Gasteiger partial charge on any atom is -0.453 e. The number of esters is 1. The number of nitrogens with zero attached hydrogens (tertiary/aromatic N) is 6. The van der Waals surface area contributed by atoms with Crippen molar-refractivity contribution in [2.45, 2.75) is 78.7 Å². The summed E-state index contributed by atoms with van der Waals surface area (Å²) >= 11 is 0. The van der Waals surface area contributed by atoms with E-state index in [2.05, 4.69) is 24.2 Å². The van der Waals surface area contributed by atoms with Gasteiger partial charge in [-0.25, -0.2) is 14.6 Å². The van der Waals surface area contributed by atoms with Gasteiger partial charge in [-0.3, -0.25) is 0 Å². The molecule has 3 aromatic heterocycles. The summed E-state index contributed by atoms with van der Waals surface area (Å²) in [6.07, 6.45) is 1.35. The molecule has 0 saturated carbocycles. The van der Waals surface area contributed by atoms with Crippen LogP contribution in [-0.2, 0) is 35.4 Å². The fraction of sp³-hybridized carbons (Fsp3) is 0.316. The van der Waals surface area contributed by atoms with Gasteiger partial charge in [0.05, 0.1) is 0 Å². The predicted octanol–water partition coefficient (Wildman–Crippen LogP) is 6.43. The SMILES string of the molecule is CCCc1nc(C(C)(C)O)c(C(=O)OCc2oc(=O)oc2C)n1Cc1ccc(-c2ccccc2-c2nnn(C(C)(C)c3ccccc3)n2)cc1. The number of hydrogen-bond acceptors (Lipinski definition) is 10. The van der Waals surface area contributed by atoms with Crippen molar-refractivity contribution in [2.24, 2.45) is 0 Å². The number of benzene rings is 3. The van der Waals surface area contributed by atoms with Crippen molar-refractivity contribution in [1.82, 2.24) is 29.8 Å². The monoisotopic (exact) mass is 676 g/mol. The smallest absolute Gasteiger partial charge is 0.453 e. The first kappa shape index (κ1) is 34.3. The van der Waals surface area contributed by atoms with Crippen molar-refractivity contribution in [1.29, 1.82) is 0 Å². The largest absolute Gasteiger partial charge is 0.519 e. The van der Waals surface area contributed by atoms with Crippen LogP contribution in [0.25, 0.3) is 22.5 Å². The highest BCUT2D eigenvalue weighted by Gasteiger charge is 2.33. The highest BCUT2D eigenvalue weighted by molar-refractivity contribution is 5.89. The quantitative estimate of drug-likeness (QED) is 0.144. The third kappa shape index (κ3) is 6.92. The summed E-state index contributed by atoms with van der Waals surface area (Å²) in [7, 11) is 0. The maximum absolute atomic E-state index is 13.6. The molecule has 0 saturated heterocycles. The van der Waals surface area contributed by atoms with Crippen LogP contribution in [0.15, 0.2) is 92.5 Å². The van der Waals surface area contributed by atoms with E-state index in [1.54, 1.807) is 30.1 Å². The van der Waals surface area contributed by atoms with Crippen LogP contribution in [0.4, 0.5) is 0 Å². The molecule has 0 aliphatic rings. The number of hydrogen-bond donors (Lipinski definition) is 1. The number of carbonyl (C=O) groups is 1. The minimum absolute atomic E-state index is 0.113. The van der Waals surface area contributed by atoms with Gasteiger partial charge in [-0.2, -0.15) is 4.80 Å². The molecule has 12 heteroatoms. The molecule has 0 radical (unpaired) electrons. The molecular weight excluding hydrogens is 636 g/mol. The number of tetrazole rings is 1. The maximum Gasteiger partial charge on any atom is 0.519 e. The van der Waals surface area contributed by atoms with E-state index in [9.17, 15) is 14.7 Å². The Morgan fingerprint density at radius 3 is 2.24 bits per heavy atom. The topological polar surface area (TPSA) is 151 Å². The number of aromatic nitrogens is 6. The molecule has 0 unspecified atom stereocenters. The van der Waals surface area contributed by atoms with Gasteiger partial charge in [0.15, 0.2) is 23.8 Å². The number of aryl methyl sites for hydroxylation is 2. The lowest BCUT2D eigenvalue weighted by Gasteiger charge is -2.23. The van der Waals surface area contributed by atoms with Crippen LogP contribution in [0.5, 0.6) is 0 Å². The molecule has 6 aromatic rings. The third-order valence-electron chi connectivity index (χ3n) is 8.63. The standard InChI is InChI=1S/C38H40N6O6/c1-7-13-31-39-33(38(5,6)47)32(35(45)48-23-30-24(2)49-36(46)50-30)43(31)22-25-18-20-26(21-19-25)28-16-11-12-17-29(28)34-40-42-44(41-34)37(3,4)27-14-9-8-10-15-27/h8-12,14-21,47H,7,13,22-23H2,1-6H3. The van der Waals surface area contributed by atoms with Crippen molar-refractivity contribution in [2.75, 3.05) is 0 Å². The van der Waals surface area contributed by atoms with Gasteiger partial charge in [0.1, 0.15) is 22.7 Å². The Bertz CT molecular complexity index is 2170. The number of imidazole rings is 1. The van der Waals surface area contributed by atoms with Gasteiger partial charge < -0.3 is 23.2 Å². The van der Waals surface area contributed by atoms with E-state index in [1.165, 1.54) is 0 Å². The van der Waals surface area contributed by atoms with Crippen LogP contribution in [-0.4, -0.2) is 40.8 Å². The molecule has 3 aromatic carbocycles. The molecule has 1 N–H and O–H groups in total. The summed E-state index contributed by atoms with van der Waals surface area (Å²) in [6, 6.07) is 26.0. The van der Waals surface area contributed by atoms with E-state index in [1.807, 2.05) is 85.8 Å². The zero-order valence-electron chi connectivity index (χ0n) is 29.0. The van der Waals surface area contributed by atoms with Crippen LogP contribution in [0, 0.1) is 6.92 Å². The Hall–Kier alpha value is -5.62. The van der Waals surface area contributed by atoms with Gasteiger partial charge in [0.2, 0.25) is 5.82 Å². The summed E-state index contributed by atoms with van der Waals surface area (Å²) in [5, 5.41) is 24.7. The summed E-state index contributed by atoms with van der Waals surface area (Å²) in [5.41, 5.74) is 3.12. The van der Waals surface area contributed by atoms with Gasteiger partial charge in [-0.05, 0) is 68.5 Å². The Morgan fingerprint density at radius 1 is 0.920 bits per heavy atom. The summed E-state index contributed by atoms with van der Waals surface area (Å²) < 4.78 is 17.3. The normalized spacial score (nSPS) is 12.0. The molecule has 0 fully saturated rings. The Morgan fingerprint density at radius 2 is 1.60 bits per heavy atom. The van der Waals surface area contributed by atoms with E-state index < -0.39 is 22.9 Å². The van der Waals surface area contributed by atoms with Crippen LogP contribution in [0.3, 0.4) is 0 Å². The zero-order valence-corrected chi connectivity index (χ0v) is 29.0. The van der Waals surface area contributed by atoms with Crippen molar-refractivity contribution in [3.05, 3.63) is 129 Å². The van der Waals surface area contributed by atoms with Gasteiger partial charge in [0, 0.05) is 18.5 Å². The first-order valence-electron chi connectivity index (χ1n) is 16.5. The Kier molecular flexibility index (Phi) is 9.39. The number of carbonyl (C=O) groups excluding carboxylic acids is 1. The van der Waals surface area contributed by atoms with E-state index >= 15 is 0 Å². The molecule has 0 aliphatic heterocycles. The number of aliphatic hydroxyl groups is 1. The molecule has 50 heavy (non-hydrogen) atoms. The Labute approximate surface area is 289 Å². The average Bonchev–Trinajstić information content (AvgIpc) is 3.82. The van der Waals surface area contributed by atoms with Gasteiger partial charge >= 0.3 is 11.8 Å². The molecule has 0 aliphatic carbocycles. The summed E-state index contributed by atoms with van der Waals surface area (Å²) in [5.74, 6) is -0.0816. The lowest BCUT2D eigenvalue weighted by Crippen LogP contribution is -2.30. The van der Waals surface area contributed by atoms with Crippen LogP contribution in [0.1, 0.15) is 85.7 Å². The van der Waals surface area contributed by atoms with Gasteiger partial charge in [-0.15, -0.1) is 10.2 Å². The molecule has 3 heterocycles. The van der Waals surface area contributed by atoms with E-state index in [0.29, 0.717) is 24.6 Å². The second-order valence-corrected chi connectivity index (χ2v) is 13.2. The van der Waals surface area contributed by atoms with Crippen LogP contribution >= 0.6 is 0 Å². The van der Waals surface area contributed by atoms with Crippen molar-refractivity contribution < 1.29 is 23.5 Å². The van der Waals surface area contributed by atoms with Gasteiger partial charge in [0.25, 0.3) is 0 Å². The summed E-state index contributed by atoms with van der Waals surface area (Å²) in [4.78, 5) is 31.5. The fourth-order valence-corrected chi connectivity index (χ4v) is 5.85. The Balaban J connectivity index is 1.30. The molecule has 258 valence electrons. The predicted molar refractivity (Wildman–Crippen MR) is 185 cm³/mol. The number of rotatable bonds is 12. The lowest BCUT2D eigenvalue weighted by atomic mass is 9.95. The second-order valence-electron chi connectivity index (χ2n) is 13.2. The molecular formula is C38H40N6O6. The molecule has 6 rings (SSSR count). The number of ether oxygens (including phenoxy) is 1. The van der Waals surface area contributed by atoms with Gasteiger partial charge in [-0.1, -0.05) is 85.8 Å². The van der Waals surface area contributed by atoms with E-state index in [4.69, 9.17) is 23.7 Å². The van der Waals surface area contributed by atoms with E-state index in [-0.39, 0.29) is 29.5 Å². The lowest BCUT2D eigenvalue weighted by molar-refractivity contribution is 0.0395. The first-order valence-corrected chi connectivity index (χ1v) is 16.5. The average molecular weight is 677 g/mol. The highest BCUT2D eigenvalue weighted by atomic mass is 16.6. The zero-order chi connectivity index (χ0) is 35.6. The molecule has 0 amide bonds. The molecule has 0 bridgehead atoms. The molecule has 0 spiro atoms. The summed E-state index contributed by atoms with van der Waals surface area (Å²) in [6.45, 7) is 10.8.